The van der Waals surface area contributed by atoms with Crippen LogP contribution in [0.25, 0.3) is 6.08 Å². The van der Waals surface area contributed by atoms with Gasteiger partial charge in [0.15, 0.2) is 28.9 Å². The van der Waals surface area contributed by atoms with Crippen molar-refractivity contribution in [3.05, 3.63) is 28.7 Å². The van der Waals surface area contributed by atoms with Crippen LogP contribution in [0.5, 0.6) is 11.5 Å². The van der Waals surface area contributed by atoms with Crippen molar-refractivity contribution in [1.29, 1.82) is 0 Å². The number of hydrogen-bond donors (Lipinski definition) is 0. The Bertz CT molecular complexity index is 1260. The lowest BCUT2D eigenvalue weighted by molar-refractivity contribution is -0.268. The zero-order valence-electron chi connectivity index (χ0n) is 23.1. The molecule has 1 aromatic carbocycles. The molecular weight excluding hydrogens is 582 g/mol. The summed E-state index contributed by atoms with van der Waals surface area (Å²) in [4.78, 5) is 62.8. The van der Waals surface area contributed by atoms with E-state index in [4.69, 9.17) is 45.4 Å². The highest BCUT2D eigenvalue weighted by molar-refractivity contribution is 8.26. The maximum Gasteiger partial charge on any atom is 0.303 e. The van der Waals surface area contributed by atoms with Gasteiger partial charge in [-0.1, -0.05) is 24.0 Å². The van der Waals surface area contributed by atoms with E-state index in [1.54, 1.807) is 24.3 Å². The minimum Gasteiger partial charge on any atom is -0.497 e. The quantitative estimate of drug-likeness (QED) is 0.173. The number of thiocarbonyl (C=S) groups is 1. The molecule has 13 nitrogen and oxygen atoms in total. The van der Waals surface area contributed by atoms with Gasteiger partial charge in [0.2, 0.25) is 0 Å². The van der Waals surface area contributed by atoms with Gasteiger partial charge < -0.3 is 33.2 Å². The van der Waals surface area contributed by atoms with Crippen molar-refractivity contribution in [3.8, 4) is 11.5 Å². The van der Waals surface area contributed by atoms with Crippen molar-refractivity contribution in [2.45, 2.75) is 58.3 Å². The highest BCUT2D eigenvalue weighted by Gasteiger charge is 2.56. The van der Waals surface area contributed by atoms with Crippen LogP contribution in [0.3, 0.4) is 0 Å². The summed E-state index contributed by atoms with van der Waals surface area (Å²) in [5, 5.41) is 0. The Labute approximate surface area is 245 Å². The molecule has 2 fully saturated rings. The van der Waals surface area contributed by atoms with E-state index in [9.17, 15) is 24.0 Å². The zero-order valence-corrected chi connectivity index (χ0v) is 24.7. The van der Waals surface area contributed by atoms with E-state index < -0.39 is 67.0 Å². The number of carbonyl (C=O) groups excluding carboxylic acids is 5. The van der Waals surface area contributed by atoms with Gasteiger partial charge in [0.1, 0.15) is 24.2 Å². The second-order valence-corrected chi connectivity index (χ2v) is 10.4. The van der Waals surface area contributed by atoms with E-state index in [2.05, 4.69) is 0 Å². The van der Waals surface area contributed by atoms with Gasteiger partial charge in [0.25, 0.3) is 5.91 Å². The van der Waals surface area contributed by atoms with Crippen molar-refractivity contribution in [3.63, 3.8) is 0 Å². The first-order chi connectivity index (χ1) is 19.4. The third-order valence-corrected chi connectivity index (χ3v) is 7.10. The van der Waals surface area contributed by atoms with Gasteiger partial charge in [-0.2, -0.15) is 0 Å². The molecule has 222 valence electrons. The van der Waals surface area contributed by atoms with Gasteiger partial charge in [-0.3, -0.25) is 28.9 Å². The number of nitrogens with zero attached hydrogens (tertiary/aromatic N) is 1. The molecule has 1 amide bonds. The molecule has 0 aliphatic carbocycles. The maximum absolute atomic E-state index is 13.7. The first-order valence-electron chi connectivity index (χ1n) is 12.2. The predicted molar refractivity (Wildman–Crippen MR) is 147 cm³/mol. The van der Waals surface area contributed by atoms with Crippen molar-refractivity contribution >= 4 is 64.2 Å². The molecule has 2 saturated heterocycles. The molecule has 0 N–H and O–H groups in total. The number of benzene rings is 1. The summed E-state index contributed by atoms with van der Waals surface area (Å²) in [7, 11) is 2.97. The standard InChI is InChI=1S/C26H29NO12S2/c1-12(28)35-11-19-21(36-13(2)29)22(37-14(3)30)23(38-15(4)31)25(39-19)27-24(32)20(41-26(27)40)9-16-7-8-17(33-5)10-18(16)34-6/h7-10,19,21-23,25H,11H2,1-6H3/b20-9+/t19-,21+,22+,23+,25-/m1/s1. The highest BCUT2D eigenvalue weighted by atomic mass is 32.2. The first kappa shape index (κ1) is 31.8. The van der Waals surface area contributed by atoms with Crippen molar-refractivity contribution in [2.24, 2.45) is 0 Å². The Balaban J connectivity index is 2.07. The summed E-state index contributed by atoms with van der Waals surface area (Å²) in [6.45, 7) is 4.04. The van der Waals surface area contributed by atoms with E-state index in [-0.39, 0.29) is 9.23 Å². The van der Waals surface area contributed by atoms with Crippen molar-refractivity contribution in [1.82, 2.24) is 4.90 Å². The van der Waals surface area contributed by atoms with Crippen LogP contribution < -0.4 is 9.47 Å². The predicted octanol–water partition coefficient (Wildman–Crippen LogP) is 1.99. The van der Waals surface area contributed by atoms with Crippen LogP contribution in [0.2, 0.25) is 0 Å². The van der Waals surface area contributed by atoms with E-state index in [0.29, 0.717) is 17.1 Å². The molecule has 41 heavy (non-hydrogen) atoms. The molecule has 5 atom stereocenters. The Hall–Kier alpha value is -3.69. The fraction of sp³-hybridized carbons (Fsp3) is 0.462. The fourth-order valence-corrected chi connectivity index (χ4v) is 5.49. The van der Waals surface area contributed by atoms with Crippen LogP contribution in [-0.2, 0) is 47.7 Å². The minimum atomic E-state index is -1.48. The molecule has 15 heteroatoms. The molecule has 2 heterocycles. The lowest BCUT2D eigenvalue weighted by atomic mass is 9.96. The number of ether oxygens (including phenoxy) is 7. The number of esters is 4. The van der Waals surface area contributed by atoms with Crippen LogP contribution in [0.15, 0.2) is 23.1 Å². The SMILES string of the molecule is COc1ccc(/C=C2/SC(=S)N([C@@H]3O[C@H](COC(C)=O)[C@H](OC(C)=O)[C@H](OC(C)=O)[C@@H]3OC(C)=O)C2=O)c(OC)c1. The average Bonchev–Trinajstić information content (AvgIpc) is 3.16. The number of hydrogen-bond acceptors (Lipinski definition) is 14. The fourth-order valence-electron chi connectivity index (χ4n) is 4.19. The van der Waals surface area contributed by atoms with Crippen molar-refractivity contribution in [2.75, 3.05) is 20.8 Å². The summed E-state index contributed by atoms with van der Waals surface area (Å²) in [6.07, 6.45) is -5.43. The summed E-state index contributed by atoms with van der Waals surface area (Å²) < 4.78 is 38.1. The summed E-state index contributed by atoms with van der Waals surface area (Å²) in [5.41, 5.74) is 0.551. The smallest absolute Gasteiger partial charge is 0.303 e. The second kappa shape index (κ2) is 13.8. The summed E-state index contributed by atoms with van der Waals surface area (Å²) in [6, 6.07) is 5.03. The topological polar surface area (TPSA) is 153 Å². The van der Waals surface area contributed by atoms with Crippen LogP contribution >= 0.6 is 24.0 Å². The van der Waals surface area contributed by atoms with Gasteiger partial charge in [-0.05, 0) is 18.2 Å². The molecule has 0 saturated carbocycles. The molecule has 0 spiro atoms. The van der Waals surface area contributed by atoms with Crippen LogP contribution in [0, 0.1) is 0 Å². The van der Waals surface area contributed by atoms with Crippen molar-refractivity contribution < 1.29 is 57.1 Å². The molecule has 0 aromatic heterocycles. The molecule has 1 aromatic rings. The van der Waals surface area contributed by atoms with Gasteiger partial charge in [0.05, 0.1) is 19.1 Å². The maximum atomic E-state index is 13.7. The Morgan fingerprint density at radius 2 is 1.54 bits per heavy atom. The Kier molecular flexibility index (Phi) is 10.7. The van der Waals surface area contributed by atoms with Gasteiger partial charge >= 0.3 is 23.9 Å². The summed E-state index contributed by atoms with van der Waals surface area (Å²) in [5.74, 6) is -2.67. The van der Waals surface area contributed by atoms with Crippen LogP contribution in [0.4, 0.5) is 0 Å². The lowest BCUT2D eigenvalue weighted by Gasteiger charge is -2.46. The van der Waals surface area contributed by atoms with E-state index in [0.717, 1.165) is 44.4 Å². The molecule has 2 aliphatic heterocycles. The second-order valence-electron chi connectivity index (χ2n) is 8.75. The largest absolute Gasteiger partial charge is 0.497 e. The molecule has 0 unspecified atom stereocenters. The first-order valence-corrected chi connectivity index (χ1v) is 13.4. The van der Waals surface area contributed by atoms with Crippen LogP contribution in [-0.4, -0.2) is 90.5 Å². The van der Waals surface area contributed by atoms with Gasteiger partial charge in [-0.15, -0.1) is 0 Å². The number of methoxy groups -OCH3 is 2. The Morgan fingerprint density at radius 1 is 0.927 bits per heavy atom. The average molecular weight is 612 g/mol. The van der Waals surface area contributed by atoms with Gasteiger partial charge in [0, 0.05) is 39.3 Å². The third-order valence-electron chi connectivity index (χ3n) is 5.77. The Morgan fingerprint density at radius 3 is 2.10 bits per heavy atom. The zero-order chi connectivity index (χ0) is 30.4. The van der Waals surface area contributed by atoms with E-state index >= 15 is 0 Å². The highest BCUT2D eigenvalue weighted by Crippen LogP contribution is 2.40. The lowest BCUT2D eigenvalue weighted by Crippen LogP contribution is -2.66. The number of thioether (sulfide) groups is 1. The molecule has 0 radical (unpaired) electrons. The van der Waals surface area contributed by atoms with E-state index in [1.807, 2.05) is 0 Å². The minimum absolute atomic E-state index is 0.0367. The molecular formula is C26H29NO12S2. The molecule has 2 aliphatic rings. The molecule has 3 rings (SSSR count). The van der Waals surface area contributed by atoms with Gasteiger partial charge in [-0.25, -0.2) is 0 Å². The normalized spacial score (nSPS) is 25.0. The number of rotatable bonds is 9. The van der Waals surface area contributed by atoms with E-state index in [1.165, 1.54) is 14.2 Å². The van der Waals surface area contributed by atoms with Crippen LogP contribution in [0.1, 0.15) is 33.3 Å². The monoisotopic (exact) mass is 611 g/mol. The number of carbonyl (C=O) groups is 5. The summed E-state index contributed by atoms with van der Waals surface area (Å²) >= 11 is 6.46. The molecule has 0 bridgehead atoms. The third kappa shape index (κ3) is 7.74. The number of amides is 1.